The summed E-state index contributed by atoms with van der Waals surface area (Å²) in [6.45, 7) is 2.41. The van der Waals surface area contributed by atoms with E-state index in [2.05, 4.69) is 17.3 Å². The number of carbonyl (C=O) groups excluding carboxylic acids is 1. The maximum absolute atomic E-state index is 11.5. The summed E-state index contributed by atoms with van der Waals surface area (Å²) < 4.78 is 5.00. The molecular formula is C9H15N3O2S2. The topological polar surface area (TPSA) is 77.2 Å². The molecule has 5 nitrogen and oxygen atoms in total. The molecule has 0 aromatic carbocycles. The van der Waals surface area contributed by atoms with Gasteiger partial charge in [0.2, 0.25) is 0 Å². The third-order valence-corrected chi connectivity index (χ3v) is 3.95. The van der Waals surface area contributed by atoms with Crippen molar-refractivity contribution in [2.24, 2.45) is 5.84 Å². The van der Waals surface area contributed by atoms with Crippen LogP contribution in [0.15, 0.2) is 0 Å². The number of hydrazine groups is 1. The molecule has 0 aliphatic carbocycles. The smallest absolute Gasteiger partial charge is 0.277 e. The van der Waals surface area contributed by atoms with Gasteiger partial charge in [-0.3, -0.25) is 10.2 Å². The van der Waals surface area contributed by atoms with E-state index < -0.39 is 0 Å². The van der Waals surface area contributed by atoms with E-state index in [0.29, 0.717) is 17.2 Å². The molecule has 0 saturated carbocycles. The lowest BCUT2D eigenvalue weighted by Crippen LogP contribution is -2.30. The van der Waals surface area contributed by atoms with Crippen molar-refractivity contribution >= 4 is 29.0 Å². The van der Waals surface area contributed by atoms with Crippen molar-refractivity contribution in [1.82, 2.24) is 10.4 Å². The number of rotatable bonds is 6. The minimum Gasteiger partial charge on any atom is -0.378 e. The van der Waals surface area contributed by atoms with Gasteiger partial charge in [0.1, 0.15) is 9.88 Å². The molecule has 0 radical (unpaired) electrons. The lowest BCUT2D eigenvalue weighted by molar-refractivity contribution is 0.0952. The Hall–Kier alpha value is -0.630. The lowest BCUT2D eigenvalue weighted by atomic mass is 10.3. The van der Waals surface area contributed by atoms with Crippen molar-refractivity contribution in [2.75, 3.05) is 12.9 Å². The summed E-state index contributed by atoms with van der Waals surface area (Å²) in [5, 5.41) is 0.928. The van der Waals surface area contributed by atoms with Crippen LogP contribution < -0.4 is 11.3 Å². The maximum atomic E-state index is 11.5. The van der Waals surface area contributed by atoms with E-state index in [-0.39, 0.29) is 5.91 Å². The molecule has 0 atom stereocenters. The fourth-order valence-corrected chi connectivity index (χ4v) is 2.82. The summed E-state index contributed by atoms with van der Waals surface area (Å²) in [4.78, 5) is 16.4. The van der Waals surface area contributed by atoms with Crippen LogP contribution in [0.3, 0.4) is 0 Å². The van der Waals surface area contributed by atoms with Gasteiger partial charge in [0.15, 0.2) is 0 Å². The summed E-state index contributed by atoms with van der Waals surface area (Å²) in [6, 6.07) is 0. The second kappa shape index (κ2) is 6.85. The molecule has 1 rings (SSSR count). The SMILES string of the molecule is CCSCc1nc(COC)c(C(=O)NN)s1. The van der Waals surface area contributed by atoms with E-state index in [1.807, 2.05) is 0 Å². The maximum Gasteiger partial charge on any atom is 0.277 e. The van der Waals surface area contributed by atoms with Crippen molar-refractivity contribution in [3.63, 3.8) is 0 Å². The number of ether oxygens (including phenoxy) is 1. The van der Waals surface area contributed by atoms with Crippen LogP contribution in [0.1, 0.15) is 27.3 Å². The van der Waals surface area contributed by atoms with E-state index in [1.165, 1.54) is 11.3 Å². The van der Waals surface area contributed by atoms with Crippen LogP contribution in [0, 0.1) is 0 Å². The number of thiazole rings is 1. The molecule has 0 unspecified atom stereocenters. The van der Waals surface area contributed by atoms with Gasteiger partial charge in [0, 0.05) is 12.9 Å². The first-order valence-corrected chi connectivity index (χ1v) is 6.76. The van der Waals surface area contributed by atoms with Crippen LogP contribution in [0.25, 0.3) is 0 Å². The normalized spacial score (nSPS) is 10.4. The van der Waals surface area contributed by atoms with Crippen LogP contribution in [-0.2, 0) is 17.1 Å². The Balaban J connectivity index is 2.86. The van der Waals surface area contributed by atoms with E-state index >= 15 is 0 Å². The Morgan fingerprint density at radius 1 is 1.69 bits per heavy atom. The highest BCUT2D eigenvalue weighted by Crippen LogP contribution is 2.23. The predicted octanol–water partition coefficient (Wildman–Crippen LogP) is 1.15. The average Bonchev–Trinajstić information content (AvgIpc) is 2.69. The predicted molar refractivity (Wildman–Crippen MR) is 66.3 cm³/mol. The van der Waals surface area contributed by atoms with E-state index in [0.717, 1.165) is 16.5 Å². The van der Waals surface area contributed by atoms with Gasteiger partial charge in [-0.15, -0.1) is 11.3 Å². The first kappa shape index (κ1) is 13.4. The number of amides is 1. The quantitative estimate of drug-likeness (QED) is 0.456. The van der Waals surface area contributed by atoms with Crippen LogP contribution >= 0.6 is 23.1 Å². The largest absolute Gasteiger partial charge is 0.378 e. The zero-order chi connectivity index (χ0) is 12.0. The second-order valence-corrected chi connectivity index (χ2v) is 5.28. The van der Waals surface area contributed by atoms with E-state index in [1.54, 1.807) is 18.9 Å². The summed E-state index contributed by atoms with van der Waals surface area (Å²) in [5.74, 6) is 6.64. The zero-order valence-corrected chi connectivity index (χ0v) is 10.9. The summed E-state index contributed by atoms with van der Waals surface area (Å²) in [5.41, 5.74) is 2.77. The van der Waals surface area contributed by atoms with Gasteiger partial charge in [-0.2, -0.15) is 11.8 Å². The number of methoxy groups -OCH3 is 1. The number of hydrogen-bond donors (Lipinski definition) is 2. The number of nitrogens with one attached hydrogen (secondary N) is 1. The third kappa shape index (κ3) is 3.44. The first-order valence-electron chi connectivity index (χ1n) is 4.79. The minimum absolute atomic E-state index is 0.308. The van der Waals surface area contributed by atoms with E-state index in [4.69, 9.17) is 10.6 Å². The number of hydrogen-bond acceptors (Lipinski definition) is 6. The molecule has 0 saturated heterocycles. The van der Waals surface area contributed by atoms with Crippen molar-refractivity contribution in [3.8, 4) is 0 Å². The minimum atomic E-state index is -0.308. The Morgan fingerprint density at radius 2 is 2.44 bits per heavy atom. The highest BCUT2D eigenvalue weighted by atomic mass is 32.2. The standard InChI is InChI=1S/C9H15N3O2S2/c1-3-15-5-7-11-6(4-14-2)8(16-7)9(13)12-10/h3-5,10H2,1-2H3,(H,12,13). The van der Waals surface area contributed by atoms with E-state index in [9.17, 15) is 4.79 Å². The van der Waals surface area contributed by atoms with Gasteiger partial charge in [0.25, 0.3) is 5.91 Å². The molecule has 7 heteroatoms. The number of carbonyl (C=O) groups is 1. The van der Waals surface area contributed by atoms with Gasteiger partial charge >= 0.3 is 0 Å². The molecule has 0 bridgehead atoms. The van der Waals surface area contributed by atoms with Gasteiger partial charge in [-0.1, -0.05) is 6.92 Å². The number of thioether (sulfide) groups is 1. The monoisotopic (exact) mass is 261 g/mol. The third-order valence-electron chi connectivity index (χ3n) is 1.79. The highest BCUT2D eigenvalue weighted by molar-refractivity contribution is 7.98. The first-order chi connectivity index (χ1) is 7.72. The Morgan fingerprint density at radius 3 is 3.00 bits per heavy atom. The molecular weight excluding hydrogens is 246 g/mol. The van der Waals surface area contributed by atoms with Crippen LogP contribution in [0.4, 0.5) is 0 Å². The molecule has 0 aliphatic heterocycles. The van der Waals surface area contributed by atoms with Crippen molar-refractivity contribution < 1.29 is 9.53 Å². The summed E-state index contributed by atoms with van der Waals surface area (Å²) in [6.07, 6.45) is 0. The Labute approximate surface area is 103 Å². The molecule has 0 aliphatic rings. The van der Waals surface area contributed by atoms with Crippen molar-refractivity contribution in [3.05, 3.63) is 15.6 Å². The number of nitrogens with two attached hydrogens (primary N) is 1. The molecule has 0 fully saturated rings. The molecule has 16 heavy (non-hydrogen) atoms. The van der Waals surface area contributed by atoms with Crippen molar-refractivity contribution in [1.29, 1.82) is 0 Å². The van der Waals surface area contributed by atoms with Crippen LogP contribution in [0.5, 0.6) is 0 Å². The van der Waals surface area contributed by atoms with Crippen LogP contribution in [0.2, 0.25) is 0 Å². The fourth-order valence-electron chi connectivity index (χ4n) is 1.13. The number of nitrogen functional groups attached to an aromatic ring is 1. The molecule has 90 valence electrons. The van der Waals surface area contributed by atoms with Gasteiger partial charge in [-0.25, -0.2) is 10.8 Å². The summed E-state index contributed by atoms with van der Waals surface area (Å²) in [7, 11) is 1.57. The highest BCUT2D eigenvalue weighted by Gasteiger charge is 2.16. The fraction of sp³-hybridized carbons (Fsp3) is 0.556. The molecule has 1 aromatic heterocycles. The van der Waals surface area contributed by atoms with Crippen LogP contribution in [-0.4, -0.2) is 23.8 Å². The molecule has 0 spiro atoms. The van der Waals surface area contributed by atoms with Gasteiger partial charge in [-0.05, 0) is 5.75 Å². The molecule has 1 aromatic rings. The molecule has 1 amide bonds. The Kier molecular flexibility index (Phi) is 5.75. The molecule has 3 N–H and O–H groups in total. The summed E-state index contributed by atoms with van der Waals surface area (Å²) >= 11 is 3.13. The lowest BCUT2D eigenvalue weighted by Gasteiger charge is -1.98. The average molecular weight is 261 g/mol. The van der Waals surface area contributed by atoms with Gasteiger partial charge in [0.05, 0.1) is 12.3 Å². The molecule has 1 heterocycles. The number of nitrogens with zero attached hydrogens (tertiary/aromatic N) is 1. The van der Waals surface area contributed by atoms with Gasteiger partial charge < -0.3 is 4.74 Å². The van der Waals surface area contributed by atoms with Crippen molar-refractivity contribution in [2.45, 2.75) is 19.3 Å². The zero-order valence-electron chi connectivity index (χ0n) is 9.28. The Bertz CT molecular complexity index is 355. The second-order valence-electron chi connectivity index (χ2n) is 2.93. The number of aromatic nitrogens is 1.